The fourth-order valence-corrected chi connectivity index (χ4v) is 4.66. The molecule has 0 aliphatic heterocycles. The predicted octanol–water partition coefficient (Wildman–Crippen LogP) is 6.07. The van der Waals surface area contributed by atoms with E-state index in [-0.39, 0.29) is 12.4 Å². The molecule has 0 atom stereocenters. The lowest BCUT2D eigenvalue weighted by Gasteiger charge is -2.31. The lowest BCUT2D eigenvalue weighted by atomic mass is 9.73. The molecule has 1 heterocycles. The third-order valence-corrected chi connectivity index (χ3v) is 6.71. The predicted molar refractivity (Wildman–Crippen MR) is 140 cm³/mol. The molecule has 1 aromatic heterocycles. The molecular formula is C30H29N3O2. The molecule has 0 unspecified atom stereocenters. The summed E-state index contributed by atoms with van der Waals surface area (Å²) in [5.74, 6) is 0.546. The summed E-state index contributed by atoms with van der Waals surface area (Å²) < 4.78 is 0. The van der Waals surface area contributed by atoms with Gasteiger partial charge in [0, 0.05) is 13.0 Å². The number of hydrogen-bond acceptors (Lipinski definition) is 4. The van der Waals surface area contributed by atoms with Crippen LogP contribution in [0.25, 0.3) is 28.3 Å². The quantitative estimate of drug-likeness (QED) is 0.233. The molecule has 1 aliphatic carbocycles. The van der Waals surface area contributed by atoms with Crippen LogP contribution in [0.4, 0.5) is 0 Å². The topological polar surface area (TPSA) is 78.9 Å². The van der Waals surface area contributed by atoms with Crippen molar-refractivity contribution in [2.24, 2.45) is 5.92 Å². The zero-order chi connectivity index (χ0) is 24.0. The van der Waals surface area contributed by atoms with Crippen LogP contribution in [0.3, 0.4) is 0 Å². The van der Waals surface area contributed by atoms with Gasteiger partial charge in [-0.3, -0.25) is 4.79 Å². The van der Waals surface area contributed by atoms with Gasteiger partial charge in [0.2, 0.25) is 0 Å². The summed E-state index contributed by atoms with van der Waals surface area (Å²) in [7, 11) is 0. The highest BCUT2D eigenvalue weighted by molar-refractivity contribution is 6.01. The van der Waals surface area contributed by atoms with Crippen LogP contribution in [0.5, 0.6) is 0 Å². The molecule has 5 nitrogen and oxygen atoms in total. The summed E-state index contributed by atoms with van der Waals surface area (Å²) in [4.78, 5) is 12.0. The molecule has 1 saturated carbocycles. The van der Waals surface area contributed by atoms with E-state index in [1.54, 1.807) is 6.08 Å². The molecule has 3 aromatic carbocycles. The second kappa shape index (κ2) is 10.6. The molecule has 0 spiro atoms. The van der Waals surface area contributed by atoms with Crippen molar-refractivity contribution in [3.05, 3.63) is 101 Å². The number of allylic oxidation sites excluding steroid dienone is 2. The molecule has 0 radical (unpaired) electrons. The van der Waals surface area contributed by atoms with Gasteiger partial charge in [0.25, 0.3) is 0 Å². The number of carbonyl (C=O) groups is 1. The molecule has 0 amide bonds. The molecule has 5 heteroatoms. The zero-order valence-electron chi connectivity index (χ0n) is 19.7. The van der Waals surface area contributed by atoms with Gasteiger partial charge in [-0.2, -0.15) is 15.4 Å². The molecule has 0 bridgehead atoms. The van der Waals surface area contributed by atoms with Gasteiger partial charge in [-0.25, -0.2) is 0 Å². The van der Waals surface area contributed by atoms with E-state index in [2.05, 4.69) is 82.1 Å². The maximum atomic E-state index is 12.0. The number of aromatic amines is 1. The lowest BCUT2D eigenvalue weighted by molar-refractivity contribution is -0.114. The van der Waals surface area contributed by atoms with E-state index < -0.39 is 0 Å². The standard InChI is InChI=1S/C30H29N3O2/c34-19-5-10-26(35)17-13-21-11-14-24(15-12-21)30(25-16-18-27-28(20-25)32-33-31-27)29(23-8-4-9-23)22-6-2-1-3-7-22/h1-3,6-7,11-18,20,23,34H,4-5,8-10,19H2,(H,31,32,33)/b17-13+,30-29-. The third-order valence-electron chi connectivity index (χ3n) is 6.71. The molecular weight excluding hydrogens is 434 g/mol. The van der Waals surface area contributed by atoms with Crippen LogP contribution in [0.15, 0.2) is 78.9 Å². The second-order valence-corrected chi connectivity index (χ2v) is 9.06. The SMILES string of the molecule is O=C(/C=C/c1ccc(/C(=C(\c2ccccc2)C2CCC2)c2ccc3n[nH]nc3c2)cc1)CCCO. The Kier molecular flexibility index (Phi) is 6.96. The van der Waals surface area contributed by atoms with Crippen LogP contribution in [0.2, 0.25) is 0 Å². The molecule has 2 N–H and O–H groups in total. The van der Waals surface area contributed by atoms with Crippen LogP contribution in [0.1, 0.15) is 54.4 Å². The molecule has 1 fully saturated rings. The van der Waals surface area contributed by atoms with Gasteiger partial charge < -0.3 is 5.11 Å². The Hall–Kier alpha value is -3.83. The fourth-order valence-electron chi connectivity index (χ4n) is 4.66. The number of aliphatic hydroxyl groups is 1. The summed E-state index contributed by atoms with van der Waals surface area (Å²) in [5.41, 5.74) is 8.80. The highest BCUT2D eigenvalue weighted by Gasteiger charge is 2.27. The van der Waals surface area contributed by atoms with Crippen molar-refractivity contribution < 1.29 is 9.90 Å². The van der Waals surface area contributed by atoms with Crippen LogP contribution >= 0.6 is 0 Å². The summed E-state index contributed by atoms with van der Waals surface area (Å²) in [6, 6.07) is 25.4. The first-order valence-electron chi connectivity index (χ1n) is 12.3. The van der Waals surface area contributed by atoms with E-state index in [9.17, 15) is 4.79 Å². The van der Waals surface area contributed by atoms with Gasteiger partial charge in [-0.1, -0.05) is 73.2 Å². The van der Waals surface area contributed by atoms with Gasteiger partial charge >= 0.3 is 0 Å². The number of nitrogens with zero attached hydrogens (tertiary/aromatic N) is 2. The average molecular weight is 464 g/mol. The minimum Gasteiger partial charge on any atom is -0.396 e. The van der Waals surface area contributed by atoms with Gasteiger partial charge in [0.05, 0.1) is 0 Å². The average Bonchev–Trinajstić information content (AvgIpc) is 3.34. The smallest absolute Gasteiger partial charge is 0.155 e. The van der Waals surface area contributed by atoms with Crippen molar-refractivity contribution in [3.63, 3.8) is 0 Å². The number of benzene rings is 3. The Bertz CT molecular complexity index is 1360. The maximum absolute atomic E-state index is 12.0. The molecule has 5 rings (SSSR count). The van der Waals surface area contributed by atoms with Crippen molar-refractivity contribution in [3.8, 4) is 0 Å². The van der Waals surface area contributed by atoms with Crippen LogP contribution < -0.4 is 0 Å². The third kappa shape index (κ3) is 5.15. The minimum atomic E-state index is 0.0287. The first-order chi connectivity index (χ1) is 17.2. The minimum absolute atomic E-state index is 0.0287. The number of aromatic nitrogens is 3. The van der Waals surface area contributed by atoms with Crippen LogP contribution in [-0.4, -0.2) is 32.9 Å². The maximum Gasteiger partial charge on any atom is 0.155 e. The summed E-state index contributed by atoms with van der Waals surface area (Å²) in [6.07, 6.45) is 7.94. The van der Waals surface area contributed by atoms with Crippen LogP contribution in [-0.2, 0) is 4.79 Å². The number of fused-ring (bicyclic) bond motifs is 1. The number of H-pyrrole nitrogens is 1. The van der Waals surface area contributed by atoms with E-state index in [1.807, 2.05) is 12.1 Å². The Morgan fingerprint density at radius 2 is 1.66 bits per heavy atom. The Balaban J connectivity index is 1.59. The first kappa shape index (κ1) is 22.9. The highest BCUT2D eigenvalue weighted by atomic mass is 16.3. The number of hydrogen-bond donors (Lipinski definition) is 2. The number of carbonyl (C=O) groups excluding carboxylic acids is 1. The molecule has 0 saturated heterocycles. The largest absolute Gasteiger partial charge is 0.396 e. The summed E-state index contributed by atoms with van der Waals surface area (Å²) in [5, 5.41) is 20.2. The monoisotopic (exact) mass is 463 g/mol. The van der Waals surface area contributed by atoms with E-state index in [4.69, 9.17) is 5.11 Å². The number of rotatable bonds is 9. The summed E-state index contributed by atoms with van der Waals surface area (Å²) >= 11 is 0. The molecule has 35 heavy (non-hydrogen) atoms. The zero-order valence-corrected chi connectivity index (χ0v) is 19.7. The number of aliphatic hydroxyl groups excluding tert-OH is 1. The van der Waals surface area contributed by atoms with Crippen molar-refractivity contribution >= 4 is 34.0 Å². The summed E-state index contributed by atoms with van der Waals surface area (Å²) in [6.45, 7) is 0.0360. The van der Waals surface area contributed by atoms with Gasteiger partial charge in [0.1, 0.15) is 11.0 Å². The van der Waals surface area contributed by atoms with Crippen molar-refractivity contribution in [2.45, 2.75) is 32.1 Å². The number of ketones is 1. The Labute approximate surface area is 205 Å². The van der Waals surface area contributed by atoms with Gasteiger partial charge in [-0.15, -0.1) is 0 Å². The van der Waals surface area contributed by atoms with Crippen molar-refractivity contribution in [1.82, 2.24) is 15.4 Å². The normalized spacial score (nSPS) is 14.8. The first-order valence-corrected chi connectivity index (χ1v) is 12.3. The van der Waals surface area contributed by atoms with Crippen LogP contribution in [0, 0.1) is 5.92 Å². The van der Waals surface area contributed by atoms with Gasteiger partial charge in [-0.05, 0) is 76.8 Å². The number of nitrogens with one attached hydrogen (secondary N) is 1. The van der Waals surface area contributed by atoms with Gasteiger partial charge in [0.15, 0.2) is 5.78 Å². The van der Waals surface area contributed by atoms with E-state index in [0.717, 1.165) is 27.7 Å². The molecule has 176 valence electrons. The molecule has 1 aliphatic rings. The van der Waals surface area contributed by atoms with E-state index in [0.29, 0.717) is 18.8 Å². The Morgan fingerprint density at radius 1 is 0.914 bits per heavy atom. The fraction of sp³-hybridized carbons (Fsp3) is 0.233. The second-order valence-electron chi connectivity index (χ2n) is 9.06. The van der Waals surface area contributed by atoms with Crippen molar-refractivity contribution in [2.75, 3.05) is 6.61 Å². The Morgan fingerprint density at radius 3 is 2.37 bits per heavy atom. The van der Waals surface area contributed by atoms with Crippen molar-refractivity contribution in [1.29, 1.82) is 0 Å². The lowest BCUT2D eigenvalue weighted by Crippen LogP contribution is -2.15. The molecule has 4 aromatic rings. The highest BCUT2D eigenvalue weighted by Crippen LogP contribution is 2.45. The van der Waals surface area contributed by atoms with E-state index in [1.165, 1.54) is 36.0 Å². The van der Waals surface area contributed by atoms with E-state index >= 15 is 0 Å².